The van der Waals surface area contributed by atoms with Crippen LogP contribution in [-0.4, -0.2) is 63.2 Å². The van der Waals surface area contributed by atoms with Gasteiger partial charge >= 0.3 is 5.97 Å². The van der Waals surface area contributed by atoms with Crippen LogP contribution in [0.4, 0.5) is 0 Å². The molecule has 2 heterocycles. The molecule has 0 unspecified atom stereocenters. The summed E-state index contributed by atoms with van der Waals surface area (Å²) in [5.41, 5.74) is 0. The molecule has 0 amide bonds. The van der Waals surface area contributed by atoms with Gasteiger partial charge in [-0.05, 0) is 13.0 Å². The summed E-state index contributed by atoms with van der Waals surface area (Å²) in [5, 5.41) is 9.45. The van der Waals surface area contributed by atoms with E-state index in [0.29, 0.717) is 5.15 Å². The Kier molecular flexibility index (Phi) is 4.79. The molecule has 19 heavy (non-hydrogen) atoms. The van der Waals surface area contributed by atoms with Gasteiger partial charge in [0.05, 0.1) is 19.3 Å². The van der Waals surface area contributed by atoms with E-state index >= 15 is 0 Å². The van der Waals surface area contributed by atoms with Crippen molar-refractivity contribution in [1.29, 1.82) is 0 Å². The number of carbonyl (C=O) groups is 1. The summed E-state index contributed by atoms with van der Waals surface area (Å²) in [4.78, 5) is 19.3. The topological polar surface area (TPSA) is 61.6 Å². The maximum Gasteiger partial charge on any atom is 0.317 e. The summed E-state index contributed by atoms with van der Waals surface area (Å²) >= 11 is 5.97. The minimum Gasteiger partial charge on any atom is -0.480 e. The maximum absolute atomic E-state index is 10.7. The van der Waals surface area contributed by atoms with E-state index < -0.39 is 5.97 Å². The van der Waals surface area contributed by atoms with Gasteiger partial charge in [-0.25, -0.2) is 4.98 Å². The highest BCUT2D eigenvalue weighted by Crippen LogP contribution is 2.12. The van der Waals surface area contributed by atoms with Gasteiger partial charge in [-0.1, -0.05) is 11.6 Å². The van der Waals surface area contributed by atoms with Gasteiger partial charge in [-0.3, -0.25) is 14.6 Å². The van der Waals surface area contributed by atoms with Gasteiger partial charge in [0, 0.05) is 26.7 Å². The average molecular weight is 287 g/mol. The molecule has 2 rings (SSSR count). The Balaban J connectivity index is 1.89. The van der Waals surface area contributed by atoms with Gasteiger partial charge < -0.3 is 9.67 Å². The van der Waals surface area contributed by atoms with Crippen molar-refractivity contribution < 1.29 is 9.90 Å². The smallest absolute Gasteiger partial charge is 0.317 e. The predicted octanol–water partition coefficient (Wildman–Crippen LogP) is 0.666. The fourth-order valence-corrected chi connectivity index (χ4v) is 2.45. The molecule has 0 radical (unpaired) electrons. The SMILES string of the molecule is Cn1c(Cl)cnc1CN1CCCN(CC(=O)O)CC1. The Bertz CT molecular complexity index is 449. The van der Waals surface area contributed by atoms with Crippen molar-refractivity contribution in [3.05, 3.63) is 17.2 Å². The lowest BCUT2D eigenvalue weighted by molar-refractivity contribution is -0.138. The van der Waals surface area contributed by atoms with Crippen LogP contribution >= 0.6 is 11.6 Å². The van der Waals surface area contributed by atoms with Crippen LogP contribution < -0.4 is 0 Å². The third kappa shape index (κ3) is 3.92. The van der Waals surface area contributed by atoms with Gasteiger partial charge in [0.2, 0.25) is 0 Å². The largest absolute Gasteiger partial charge is 0.480 e. The zero-order valence-corrected chi connectivity index (χ0v) is 11.8. The van der Waals surface area contributed by atoms with Gasteiger partial charge in [0.1, 0.15) is 11.0 Å². The number of halogens is 1. The first-order valence-electron chi connectivity index (χ1n) is 6.39. The van der Waals surface area contributed by atoms with Crippen LogP contribution in [0.2, 0.25) is 5.15 Å². The van der Waals surface area contributed by atoms with E-state index in [-0.39, 0.29) is 6.54 Å². The first kappa shape index (κ1) is 14.3. The minimum absolute atomic E-state index is 0.127. The first-order valence-corrected chi connectivity index (χ1v) is 6.76. The second-order valence-electron chi connectivity index (χ2n) is 4.86. The highest BCUT2D eigenvalue weighted by molar-refractivity contribution is 6.29. The molecule has 1 N–H and O–H groups in total. The number of nitrogens with zero attached hydrogens (tertiary/aromatic N) is 4. The standard InChI is InChI=1S/C12H19ClN4O2/c1-15-10(13)7-14-11(15)8-16-3-2-4-17(6-5-16)9-12(18)19/h7H,2-6,8-9H2,1H3,(H,18,19). The summed E-state index contributed by atoms with van der Waals surface area (Å²) < 4.78 is 1.88. The van der Waals surface area contributed by atoms with Crippen molar-refractivity contribution in [1.82, 2.24) is 19.4 Å². The number of hydrogen-bond donors (Lipinski definition) is 1. The normalized spacial score (nSPS) is 18.4. The fraction of sp³-hybridized carbons (Fsp3) is 0.667. The molecule has 1 fully saturated rings. The molecule has 1 saturated heterocycles. The number of carboxylic acid groups (broad SMARTS) is 1. The molecule has 1 aromatic heterocycles. The number of imidazole rings is 1. The number of aliphatic carboxylic acids is 1. The molecule has 7 heteroatoms. The van der Waals surface area contributed by atoms with Crippen LogP contribution in [0.25, 0.3) is 0 Å². The minimum atomic E-state index is -0.760. The number of hydrogen-bond acceptors (Lipinski definition) is 4. The molecular formula is C12H19ClN4O2. The molecule has 106 valence electrons. The highest BCUT2D eigenvalue weighted by atomic mass is 35.5. The second-order valence-corrected chi connectivity index (χ2v) is 5.24. The van der Waals surface area contributed by atoms with E-state index in [1.54, 1.807) is 6.20 Å². The number of aromatic nitrogens is 2. The quantitative estimate of drug-likeness (QED) is 0.881. The summed E-state index contributed by atoms with van der Waals surface area (Å²) in [7, 11) is 1.90. The van der Waals surface area contributed by atoms with Gasteiger partial charge in [0.15, 0.2) is 0 Å². The molecule has 0 bridgehead atoms. The van der Waals surface area contributed by atoms with E-state index in [2.05, 4.69) is 9.88 Å². The summed E-state index contributed by atoms with van der Waals surface area (Å²) in [6, 6.07) is 0. The van der Waals surface area contributed by atoms with Gasteiger partial charge in [0.25, 0.3) is 0 Å². The van der Waals surface area contributed by atoms with E-state index in [1.165, 1.54) is 0 Å². The molecule has 0 saturated carbocycles. The average Bonchev–Trinajstić information content (AvgIpc) is 2.55. The van der Waals surface area contributed by atoms with E-state index in [1.807, 2.05) is 16.5 Å². The molecule has 6 nitrogen and oxygen atoms in total. The van der Waals surface area contributed by atoms with Crippen LogP contribution in [0.5, 0.6) is 0 Å². The van der Waals surface area contributed by atoms with Crippen molar-refractivity contribution in [2.75, 3.05) is 32.7 Å². The number of carboxylic acids is 1. The molecule has 1 aromatic rings. The number of rotatable bonds is 4. The van der Waals surface area contributed by atoms with Crippen LogP contribution in [0.1, 0.15) is 12.2 Å². The molecule has 0 spiro atoms. The predicted molar refractivity (Wildman–Crippen MR) is 72.2 cm³/mol. The van der Waals surface area contributed by atoms with Crippen LogP contribution in [-0.2, 0) is 18.4 Å². The van der Waals surface area contributed by atoms with E-state index in [9.17, 15) is 4.79 Å². The van der Waals surface area contributed by atoms with Crippen molar-refractivity contribution in [2.24, 2.45) is 7.05 Å². The highest BCUT2D eigenvalue weighted by Gasteiger charge is 2.18. The zero-order valence-electron chi connectivity index (χ0n) is 11.0. The molecule has 0 aromatic carbocycles. The zero-order chi connectivity index (χ0) is 13.8. The van der Waals surface area contributed by atoms with Crippen molar-refractivity contribution in [3.8, 4) is 0 Å². The summed E-state index contributed by atoms with van der Waals surface area (Å²) in [6.07, 6.45) is 2.64. The van der Waals surface area contributed by atoms with E-state index in [0.717, 1.165) is 45.0 Å². The lowest BCUT2D eigenvalue weighted by Gasteiger charge is -2.20. The monoisotopic (exact) mass is 286 g/mol. The lowest BCUT2D eigenvalue weighted by Crippen LogP contribution is -2.34. The Labute approximate surface area is 117 Å². The second kappa shape index (κ2) is 6.36. The lowest BCUT2D eigenvalue weighted by atomic mass is 10.3. The summed E-state index contributed by atoms with van der Waals surface area (Å²) in [5.74, 6) is 0.181. The Hall–Kier alpha value is -1.11. The van der Waals surface area contributed by atoms with Crippen molar-refractivity contribution in [3.63, 3.8) is 0 Å². The fourth-order valence-electron chi connectivity index (χ4n) is 2.30. The first-order chi connectivity index (χ1) is 9.06. The maximum atomic E-state index is 10.7. The Morgan fingerprint density at radius 2 is 2.05 bits per heavy atom. The molecule has 0 aliphatic carbocycles. The van der Waals surface area contributed by atoms with Crippen LogP contribution in [0, 0.1) is 0 Å². The van der Waals surface area contributed by atoms with Crippen molar-refractivity contribution in [2.45, 2.75) is 13.0 Å². The van der Waals surface area contributed by atoms with Gasteiger partial charge in [-0.15, -0.1) is 0 Å². The summed E-state index contributed by atoms with van der Waals surface area (Å²) in [6.45, 7) is 4.32. The molecular weight excluding hydrogens is 268 g/mol. The van der Waals surface area contributed by atoms with Crippen LogP contribution in [0.3, 0.4) is 0 Å². The van der Waals surface area contributed by atoms with Gasteiger partial charge in [-0.2, -0.15) is 0 Å². The Morgan fingerprint density at radius 1 is 1.37 bits per heavy atom. The third-order valence-corrected chi connectivity index (χ3v) is 3.78. The third-order valence-electron chi connectivity index (χ3n) is 3.43. The molecule has 1 aliphatic heterocycles. The van der Waals surface area contributed by atoms with Crippen LogP contribution in [0.15, 0.2) is 6.20 Å². The van der Waals surface area contributed by atoms with Crippen molar-refractivity contribution >= 4 is 17.6 Å². The Morgan fingerprint density at radius 3 is 2.68 bits per heavy atom. The van der Waals surface area contributed by atoms with E-state index in [4.69, 9.17) is 16.7 Å². The molecule has 0 atom stereocenters. The molecule has 1 aliphatic rings.